The number of pyridine rings is 2. The molecule has 0 saturated carbocycles. The molecule has 3 rings (SSSR count). The zero-order valence-electron chi connectivity index (χ0n) is 14.4. The van der Waals surface area contributed by atoms with Gasteiger partial charge in [-0.15, -0.1) is 0 Å². The summed E-state index contributed by atoms with van der Waals surface area (Å²) < 4.78 is 5.72. The summed E-state index contributed by atoms with van der Waals surface area (Å²) in [6, 6.07) is 4.16. The van der Waals surface area contributed by atoms with Crippen molar-refractivity contribution in [1.82, 2.24) is 19.8 Å². The van der Waals surface area contributed by atoms with Crippen LogP contribution in [0.1, 0.15) is 12.5 Å². The Labute approximate surface area is 155 Å². The summed E-state index contributed by atoms with van der Waals surface area (Å²) in [4.78, 5) is 35.2. The second-order valence-electron chi connectivity index (χ2n) is 5.70. The minimum absolute atomic E-state index is 0.295. The van der Waals surface area contributed by atoms with E-state index in [0.29, 0.717) is 42.1 Å². The maximum absolute atomic E-state index is 12.3. The topological polar surface area (TPSA) is 87.7 Å². The first-order valence-electron chi connectivity index (χ1n) is 8.11. The first kappa shape index (κ1) is 17.9. The van der Waals surface area contributed by atoms with Crippen LogP contribution in [0.4, 0.5) is 15.4 Å². The number of hydrogen-bond donors (Lipinski definition) is 1. The summed E-state index contributed by atoms with van der Waals surface area (Å²) in [7, 11) is 0. The van der Waals surface area contributed by atoms with Crippen molar-refractivity contribution in [3.63, 3.8) is 0 Å². The average molecular weight is 376 g/mol. The molecule has 0 radical (unpaired) electrons. The van der Waals surface area contributed by atoms with Crippen LogP contribution in [0.25, 0.3) is 0 Å². The van der Waals surface area contributed by atoms with Crippen LogP contribution in [0.2, 0.25) is 5.15 Å². The Morgan fingerprint density at radius 3 is 2.81 bits per heavy atom. The smallest absolute Gasteiger partial charge is 0.331 e. The van der Waals surface area contributed by atoms with E-state index in [0.717, 1.165) is 5.56 Å². The van der Waals surface area contributed by atoms with Crippen LogP contribution in [0.15, 0.2) is 30.6 Å². The van der Waals surface area contributed by atoms with E-state index >= 15 is 0 Å². The van der Waals surface area contributed by atoms with Crippen molar-refractivity contribution in [3.8, 4) is 11.5 Å². The molecule has 26 heavy (non-hydrogen) atoms. The van der Waals surface area contributed by atoms with E-state index < -0.39 is 6.03 Å². The van der Waals surface area contributed by atoms with Gasteiger partial charge >= 0.3 is 12.1 Å². The van der Waals surface area contributed by atoms with Gasteiger partial charge in [0.2, 0.25) is 0 Å². The molecule has 0 bridgehead atoms. The van der Waals surface area contributed by atoms with E-state index in [4.69, 9.17) is 16.3 Å². The van der Waals surface area contributed by atoms with Gasteiger partial charge in [-0.1, -0.05) is 11.6 Å². The summed E-state index contributed by atoms with van der Waals surface area (Å²) in [5, 5.41) is 2.97. The van der Waals surface area contributed by atoms with Crippen LogP contribution >= 0.6 is 11.6 Å². The molecule has 0 atom stereocenters. The Morgan fingerprint density at radius 2 is 2.15 bits per heavy atom. The van der Waals surface area contributed by atoms with Crippen molar-refractivity contribution in [3.05, 3.63) is 41.3 Å². The number of aromatic nitrogens is 2. The molecular formula is C17H18ClN5O3. The van der Waals surface area contributed by atoms with Crippen LogP contribution in [0.3, 0.4) is 0 Å². The minimum atomic E-state index is -0.493. The van der Waals surface area contributed by atoms with Crippen molar-refractivity contribution in [1.29, 1.82) is 0 Å². The molecule has 1 fully saturated rings. The molecule has 0 unspecified atom stereocenters. The van der Waals surface area contributed by atoms with Gasteiger partial charge in [0.05, 0.1) is 6.20 Å². The second kappa shape index (κ2) is 7.57. The van der Waals surface area contributed by atoms with Crippen LogP contribution in [-0.2, 0) is 0 Å². The third-order valence-electron chi connectivity index (χ3n) is 3.95. The van der Waals surface area contributed by atoms with Gasteiger partial charge in [-0.3, -0.25) is 5.32 Å². The number of hydrogen-bond acceptors (Lipinski definition) is 5. The van der Waals surface area contributed by atoms with Crippen LogP contribution in [0, 0.1) is 6.92 Å². The monoisotopic (exact) mass is 375 g/mol. The zero-order valence-corrected chi connectivity index (χ0v) is 15.2. The number of aryl methyl sites for hydroxylation is 1. The number of likely N-dealkylation sites (N-methyl/N-ethyl adjacent to an activating group) is 1. The van der Waals surface area contributed by atoms with Crippen LogP contribution in [0.5, 0.6) is 11.5 Å². The normalized spacial score (nSPS) is 13.9. The van der Waals surface area contributed by atoms with Crippen molar-refractivity contribution < 1.29 is 14.3 Å². The molecule has 1 aliphatic rings. The third kappa shape index (κ3) is 3.85. The van der Waals surface area contributed by atoms with Gasteiger partial charge in [-0.25, -0.2) is 24.5 Å². The summed E-state index contributed by atoms with van der Waals surface area (Å²) >= 11 is 5.84. The number of carbonyl (C=O) groups is 2. The Bertz CT molecular complexity index is 845. The molecule has 8 nitrogen and oxygen atoms in total. The molecule has 0 spiro atoms. The Balaban J connectivity index is 1.68. The SMILES string of the molecule is CCN1CCN(C(=O)Nc2cc(C)c(Oc3ccnc(Cl)c3)cn2)C1=O. The van der Waals surface area contributed by atoms with E-state index in [9.17, 15) is 9.59 Å². The number of imide groups is 1. The number of amides is 4. The van der Waals surface area contributed by atoms with Gasteiger partial charge in [0.1, 0.15) is 22.5 Å². The fourth-order valence-electron chi connectivity index (χ4n) is 2.54. The molecule has 1 N–H and O–H groups in total. The second-order valence-corrected chi connectivity index (χ2v) is 6.08. The predicted molar refractivity (Wildman–Crippen MR) is 96.7 cm³/mol. The molecule has 136 valence electrons. The number of anilines is 1. The molecule has 2 aromatic rings. The highest BCUT2D eigenvalue weighted by Gasteiger charge is 2.32. The average Bonchev–Trinajstić information content (AvgIpc) is 2.98. The summed E-state index contributed by atoms with van der Waals surface area (Å²) in [6.45, 7) is 5.18. The summed E-state index contributed by atoms with van der Waals surface area (Å²) in [5.41, 5.74) is 0.770. The number of urea groups is 2. The lowest BCUT2D eigenvalue weighted by atomic mass is 10.2. The Kier molecular flexibility index (Phi) is 5.22. The maximum Gasteiger partial charge on any atom is 0.331 e. The summed E-state index contributed by atoms with van der Waals surface area (Å²) in [6.07, 6.45) is 3.05. The molecule has 3 heterocycles. The van der Waals surface area contributed by atoms with Crippen molar-refractivity contribution >= 4 is 29.5 Å². The van der Waals surface area contributed by atoms with E-state index in [1.54, 1.807) is 29.3 Å². The first-order chi connectivity index (χ1) is 12.5. The van der Waals surface area contributed by atoms with Gasteiger partial charge < -0.3 is 9.64 Å². The minimum Gasteiger partial charge on any atom is -0.455 e. The highest BCUT2D eigenvalue weighted by atomic mass is 35.5. The van der Waals surface area contributed by atoms with Crippen LogP contribution < -0.4 is 10.1 Å². The molecule has 4 amide bonds. The number of carbonyl (C=O) groups excluding carboxylic acids is 2. The zero-order chi connectivity index (χ0) is 18.7. The molecule has 1 saturated heterocycles. The van der Waals surface area contributed by atoms with E-state index in [2.05, 4.69) is 15.3 Å². The highest BCUT2D eigenvalue weighted by Crippen LogP contribution is 2.26. The first-order valence-corrected chi connectivity index (χ1v) is 8.49. The highest BCUT2D eigenvalue weighted by molar-refractivity contribution is 6.29. The Hall–Kier alpha value is -2.87. The van der Waals surface area contributed by atoms with Crippen LogP contribution in [-0.4, -0.2) is 51.5 Å². The molecule has 0 aliphatic carbocycles. The number of nitrogens with one attached hydrogen (secondary N) is 1. The lowest BCUT2D eigenvalue weighted by Gasteiger charge is -2.16. The molecule has 9 heteroatoms. The quantitative estimate of drug-likeness (QED) is 0.826. The predicted octanol–water partition coefficient (Wildman–Crippen LogP) is 3.52. The molecular weight excluding hydrogens is 358 g/mol. The van der Waals surface area contributed by atoms with Crippen molar-refractivity contribution in [2.24, 2.45) is 0 Å². The van der Waals surface area contributed by atoms with E-state index in [-0.39, 0.29) is 6.03 Å². The lowest BCUT2D eigenvalue weighted by molar-refractivity contribution is 0.192. The third-order valence-corrected chi connectivity index (χ3v) is 4.15. The standard InChI is InChI=1S/C17H18ClN5O3/c1-3-22-6-7-23(17(22)25)16(24)21-15-8-11(2)13(10-20-15)26-12-4-5-19-14(18)9-12/h4-5,8-10H,3,6-7H2,1-2H3,(H,20,21,24). The number of ether oxygens (including phenoxy) is 1. The molecule has 0 aromatic carbocycles. The fourth-order valence-corrected chi connectivity index (χ4v) is 2.70. The van der Waals surface area contributed by atoms with Gasteiger partial charge in [-0.2, -0.15) is 0 Å². The largest absolute Gasteiger partial charge is 0.455 e. The van der Waals surface area contributed by atoms with Gasteiger partial charge in [-0.05, 0) is 31.5 Å². The van der Waals surface area contributed by atoms with Gasteiger partial charge in [0, 0.05) is 31.9 Å². The van der Waals surface area contributed by atoms with E-state index in [1.165, 1.54) is 11.1 Å². The van der Waals surface area contributed by atoms with Crippen molar-refractivity contribution in [2.45, 2.75) is 13.8 Å². The van der Waals surface area contributed by atoms with E-state index in [1.807, 2.05) is 13.8 Å². The maximum atomic E-state index is 12.3. The number of halogens is 1. The molecule has 1 aliphatic heterocycles. The number of rotatable bonds is 4. The summed E-state index contributed by atoms with van der Waals surface area (Å²) in [5.74, 6) is 1.41. The van der Waals surface area contributed by atoms with Gasteiger partial charge in [0.15, 0.2) is 0 Å². The van der Waals surface area contributed by atoms with Crippen molar-refractivity contribution in [2.75, 3.05) is 25.0 Å². The Morgan fingerprint density at radius 1 is 1.35 bits per heavy atom. The molecule has 2 aromatic heterocycles. The lowest BCUT2D eigenvalue weighted by Crippen LogP contribution is -2.39. The fraction of sp³-hybridized carbons (Fsp3) is 0.294. The number of nitrogens with zero attached hydrogens (tertiary/aromatic N) is 4. The van der Waals surface area contributed by atoms with Gasteiger partial charge in [0.25, 0.3) is 0 Å².